The largest absolute Gasteiger partial charge is 0.491 e. The zero-order valence-corrected chi connectivity index (χ0v) is 22.9. The van der Waals surface area contributed by atoms with Crippen LogP contribution in [0, 0.1) is 0 Å². The number of hydrogen-bond acceptors (Lipinski definition) is 8. The highest BCUT2D eigenvalue weighted by Crippen LogP contribution is 2.47. The molecule has 7 rings (SSSR count). The van der Waals surface area contributed by atoms with Crippen LogP contribution in [0.5, 0.6) is 23.0 Å². The van der Waals surface area contributed by atoms with Gasteiger partial charge in [0.15, 0.2) is 0 Å². The molecule has 2 heterocycles. The third kappa shape index (κ3) is 5.72. The zero-order valence-electron chi connectivity index (χ0n) is 22.9. The monoisotopic (exact) mass is 564 g/mol. The van der Waals surface area contributed by atoms with Crippen LogP contribution in [0.1, 0.15) is 44.7 Å². The molecule has 1 aliphatic carbocycles. The van der Waals surface area contributed by atoms with Gasteiger partial charge in [-0.1, -0.05) is 19.1 Å². The third-order valence-corrected chi connectivity index (χ3v) is 7.55. The van der Waals surface area contributed by atoms with Gasteiger partial charge in [0.2, 0.25) is 0 Å². The fraction of sp³-hybridized carbons (Fsp3) is 0.235. The van der Waals surface area contributed by atoms with E-state index in [1.807, 2.05) is 24.3 Å². The maximum atomic E-state index is 12.8. The van der Waals surface area contributed by atoms with Crippen molar-refractivity contribution in [3.8, 4) is 34.1 Å². The molecule has 2 fully saturated rings. The van der Waals surface area contributed by atoms with Gasteiger partial charge < -0.3 is 28.4 Å². The highest BCUT2D eigenvalue weighted by molar-refractivity contribution is 5.92. The second kappa shape index (κ2) is 11.0. The highest BCUT2D eigenvalue weighted by Gasteiger charge is 2.28. The summed E-state index contributed by atoms with van der Waals surface area (Å²) in [5.41, 5.74) is 5.06. The lowest BCUT2D eigenvalue weighted by Gasteiger charge is -2.10. The van der Waals surface area contributed by atoms with E-state index in [-0.39, 0.29) is 18.1 Å². The van der Waals surface area contributed by atoms with Crippen molar-refractivity contribution in [3.05, 3.63) is 107 Å². The number of rotatable bonds is 10. The quantitative estimate of drug-likeness (QED) is 0.135. The molecule has 212 valence electrons. The molecule has 0 amide bonds. The van der Waals surface area contributed by atoms with Crippen LogP contribution in [0.15, 0.2) is 84.9 Å². The molecule has 4 aromatic rings. The van der Waals surface area contributed by atoms with Crippen LogP contribution in [-0.4, -0.2) is 50.6 Å². The van der Waals surface area contributed by atoms with Crippen molar-refractivity contribution in [3.63, 3.8) is 0 Å². The Morgan fingerprint density at radius 2 is 1.00 bits per heavy atom. The lowest BCUT2D eigenvalue weighted by Crippen LogP contribution is -2.09. The van der Waals surface area contributed by atoms with Crippen LogP contribution in [-0.2, 0) is 9.47 Å². The summed E-state index contributed by atoms with van der Waals surface area (Å²) in [4.78, 5) is 25.6. The van der Waals surface area contributed by atoms with Crippen LogP contribution in [0.2, 0.25) is 0 Å². The molecule has 8 nitrogen and oxygen atoms in total. The SMILES string of the molecule is CC1c2cc(OC(=O)c3ccc(OCC4CO4)cc3)ccc2-c2ccc(OC(=O)c3ccc(OCC4CO4)cc3)cc21. The van der Waals surface area contributed by atoms with E-state index in [9.17, 15) is 9.59 Å². The van der Waals surface area contributed by atoms with Gasteiger partial charge in [-0.3, -0.25) is 0 Å². The highest BCUT2D eigenvalue weighted by atomic mass is 16.6. The van der Waals surface area contributed by atoms with E-state index in [4.69, 9.17) is 28.4 Å². The van der Waals surface area contributed by atoms with Crippen LogP contribution in [0.4, 0.5) is 0 Å². The summed E-state index contributed by atoms with van der Waals surface area (Å²) in [7, 11) is 0. The predicted molar refractivity (Wildman–Crippen MR) is 153 cm³/mol. The number of fused-ring (bicyclic) bond motifs is 3. The molecule has 0 N–H and O–H groups in total. The Labute approximate surface area is 242 Å². The number of epoxide rings is 2. The minimum absolute atomic E-state index is 0.0195. The maximum absolute atomic E-state index is 12.8. The second-order valence-corrected chi connectivity index (χ2v) is 10.6. The third-order valence-electron chi connectivity index (χ3n) is 7.55. The van der Waals surface area contributed by atoms with Gasteiger partial charge in [0.05, 0.1) is 24.3 Å². The first-order valence-corrected chi connectivity index (χ1v) is 13.9. The maximum Gasteiger partial charge on any atom is 0.343 e. The van der Waals surface area contributed by atoms with Crippen molar-refractivity contribution in [2.45, 2.75) is 25.0 Å². The van der Waals surface area contributed by atoms with Gasteiger partial charge >= 0.3 is 11.9 Å². The van der Waals surface area contributed by atoms with E-state index in [0.29, 0.717) is 47.3 Å². The molecule has 42 heavy (non-hydrogen) atoms. The first-order valence-electron chi connectivity index (χ1n) is 13.9. The molecule has 2 unspecified atom stereocenters. The normalized spacial score (nSPS) is 19.3. The Kier molecular flexibility index (Phi) is 6.85. The number of carbonyl (C=O) groups excluding carboxylic acids is 2. The minimum Gasteiger partial charge on any atom is -0.491 e. The molecule has 3 aliphatic rings. The summed E-state index contributed by atoms with van der Waals surface area (Å²) < 4.78 is 33.0. The van der Waals surface area contributed by atoms with Gasteiger partial charge in [-0.15, -0.1) is 0 Å². The van der Waals surface area contributed by atoms with Crippen LogP contribution in [0.3, 0.4) is 0 Å². The number of hydrogen-bond donors (Lipinski definition) is 0. The van der Waals surface area contributed by atoms with Crippen LogP contribution >= 0.6 is 0 Å². The molecule has 2 atom stereocenters. The first-order chi connectivity index (χ1) is 20.5. The Hall–Kier alpha value is -4.66. The van der Waals surface area contributed by atoms with Crippen molar-refractivity contribution in [2.75, 3.05) is 26.4 Å². The van der Waals surface area contributed by atoms with Crippen molar-refractivity contribution in [2.24, 2.45) is 0 Å². The molecular formula is C34H28O8. The van der Waals surface area contributed by atoms with E-state index in [2.05, 4.69) is 6.92 Å². The Morgan fingerprint density at radius 1 is 0.619 bits per heavy atom. The number of esters is 2. The average molecular weight is 565 g/mol. The summed E-state index contributed by atoms with van der Waals surface area (Å²) in [5.74, 6) is 1.42. The average Bonchev–Trinajstić information content (AvgIpc) is 3.95. The summed E-state index contributed by atoms with van der Waals surface area (Å²) >= 11 is 0. The van der Waals surface area contributed by atoms with Gasteiger partial charge in [0.1, 0.15) is 48.4 Å². The number of ether oxygens (including phenoxy) is 6. The zero-order chi connectivity index (χ0) is 28.6. The van der Waals surface area contributed by atoms with Crippen molar-refractivity contribution < 1.29 is 38.0 Å². The molecule has 4 aromatic carbocycles. The molecule has 0 bridgehead atoms. The van der Waals surface area contributed by atoms with E-state index >= 15 is 0 Å². The topological polar surface area (TPSA) is 96.1 Å². The van der Waals surface area contributed by atoms with Gasteiger partial charge in [-0.05, 0) is 95.1 Å². The summed E-state index contributed by atoms with van der Waals surface area (Å²) in [5, 5.41) is 0. The second-order valence-electron chi connectivity index (χ2n) is 10.6. The van der Waals surface area contributed by atoms with Gasteiger partial charge in [-0.25, -0.2) is 9.59 Å². The van der Waals surface area contributed by atoms with E-state index in [1.165, 1.54) is 0 Å². The molecule has 2 saturated heterocycles. The molecule has 0 aromatic heterocycles. The molecule has 8 heteroatoms. The number of carbonyl (C=O) groups is 2. The molecule has 2 aliphatic heterocycles. The molecular weight excluding hydrogens is 536 g/mol. The van der Waals surface area contributed by atoms with Gasteiger partial charge in [0, 0.05) is 5.92 Å². The Bertz CT molecular complexity index is 1510. The smallest absolute Gasteiger partial charge is 0.343 e. The Balaban J connectivity index is 0.996. The minimum atomic E-state index is -0.444. The Morgan fingerprint density at radius 3 is 1.38 bits per heavy atom. The molecule has 0 saturated carbocycles. The lowest BCUT2D eigenvalue weighted by atomic mass is 9.99. The van der Waals surface area contributed by atoms with Gasteiger partial charge in [0.25, 0.3) is 0 Å². The standard InChI is InChI=1S/C34H28O8/c1-20-31-14-25(41-33(35)21-2-6-23(7-3-21)37-16-27-18-39-27)10-12-29(31)30-13-11-26(15-32(20)30)42-34(36)22-4-8-24(9-5-22)38-17-28-19-40-28/h2-15,20,27-28H,16-19H2,1H3. The molecule has 0 radical (unpaired) electrons. The summed E-state index contributed by atoms with van der Waals surface area (Å²) in [6, 6.07) is 25.1. The van der Waals surface area contributed by atoms with Crippen molar-refractivity contribution >= 4 is 11.9 Å². The van der Waals surface area contributed by atoms with E-state index < -0.39 is 11.9 Å². The first kappa shape index (κ1) is 26.3. The summed E-state index contributed by atoms with van der Waals surface area (Å²) in [6.45, 7) is 4.55. The number of benzene rings is 4. The molecule has 0 spiro atoms. The van der Waals surface area contributed by atoms with Crippen molar-refractivity contribution in [1.82, 2.24) is 0 Å². The fourth-order valence-corrected chi connectivity index (χ4v) is 5.00. The van der Waals surface area contributed by atoms with Crippen LogP contribution < -0.4 is 18.9 Å². The summed E-state index contributed by atoms with van der Waals surface area (Å²) in [6.07, 6.45) is 0.335. The van der Waals surface area contributed by atoms with Crippen molar-refractivity contribution in [1.29, 1.82) is 0 Å². The lowest BCUT2D eigenvalue weighted by molar-refractivity contribution is 0.0725. The van der Waals surface area contributed by atoms with Crippen LogP contribution in [0.25, 0.3) is 11.1 Å². The van der Waals surface area contributed by atoms with Gasteiger partial charge in [-0.2, -0.15) is 0 Å². The van der Waals surface area contributed by atoms with E-state index in [1.54, 1.807) is 60.7 Å². The predicted octanol–water partition coefficient (Wildman–Crippen LogP) is 5.81. The fourth-order valence-electron chi connectivity index (χ4n) is 5.00. The van der Waals surface area contributed by atoms with E-state index in [0.717, 1.165) is 35.5 Å².